The van der Waals surface area contributed by atoms with E-state index in [0.29, 0.717) is 11.8 Å². The maximum absolute atomic E-state index is 10.1. The lowest BCUT2D eigenvalue weighted by Gasteiger charge is -2.13. The summed E-state index contributed by atoms with van der Waals surface area (Å²) in [5.41, 5.74) is 1.28. The van der Waals surface area contributed by atoms with Crippen LogP contribution in [0, 0.1) is 6.92 Å². The third-order valence-corrected chi connectivity index (χ3v) is 5.01. The van der Waals surface area contributed by atoms with Gasteiger partial charge in [0.05, 0.1) is 6.10 Å². The Labute approximate surface area is 141 Å². The second-order valence-electron chi connectivity index (χ2n) is 5.90. The van der Waals surface area contributed by atoms with Crippen LogP contribution in [0.1, 0.15) is 37.2 Å². The molecule has 0 aliphatic heterocycles. The number of aryl methyl sites for hydroxylation is 2. The van der Waals surface area contributed by atoms with Crippen molar-refractivity contribution in [3.05, 3.63) is 35.7 Å². The minimum absolute atomic E-state index is 0.287. The quantitative estimate of drug-likeness (QED) is 0.753. The predicted molar refractivity (Wildman–Crippen MR) is 91.1 cm³/mol. The van der Waals surface area contributed by atoms with Crippen LogP contribution in [-0.2, 0) is 6.42 Å². The van der Waals surface area contributed by atoms with Gasteiger partial charge in [0.25, 0.3) is 0 Å². The van der Waals surface area contributed by atoms with Gasteiger partial charge in [0.15, 0.2) is 5.16 Å². The van der Waals surface area contributed by atoms with E-state index in [2.05, 4.69) is 33.8 Å². The number of hydrogen-bond donors (Lipinski definition) is 1. The summed E-state index contributed by atoms with van der Waals surface area (Å²) in [4.78, 5) is 0. The van der Waals surface area contributed by atoms with Crippen LogP contribution in [0.2, 0.25) is 0 Å². The van der Waals surface area contributed by atoms with E-state index >= 15 is 0 Å². The number of aromatic nitrogens is 3. The second kappa shape index (κ2) is 7.36. The molecule has 1 aliphatic rings. The van der Waals surface area contributed by atoms with Crippen molar-refractivity contribution in [2.45, 2.75) is 50.4 Å². The van der Waals surface area contributed by atoms with Gasteiger partial charge < -0.3 is 14.4 Å². The van der Waals surface area contributed by atoms with Gasteiger partial charge in [0.2, 0.25) is 0 Å². The molecule has 124 valence electrons. The van der Waals surface area contributed by atoms with Gasteiger partial charge in [-0.05, 0) is 43.9 Å². The fraction of sp³-hybridized carbons (Fsp3) is 0.529. The summed E-state index contributed by atoms with van der Waals surface area (Å²) in [6.45, 7) is 4.39. The number of nitrogens with zero attached hydrogens (tertiary/aromatic N) is 3. The van der Waals surface area contributed by atoms with Crippen LogP contribution in [0.25, 0.3) is 0 Å². The van der Waals surface area contributed by atoms with E-state index in [1.54, 1.807) is 11.8 Å². The van der Waals surface area contributed by atoms with Crippen molar-refractivity contribution in [3.8, 4) is 5.75 Å². The fourth-order valence-corrected chi connectivity index (χ4v) is 3.39. The summed E-state index contributed by atoms with van der Waals surface area (Å²) >= 11 is 1.54. The molecule has 0 radical (unpaired) electrons. The number of ether oxygens (including phenoxy) is 1. The number of benzene rings is 1. The molecule has 6 heteroatoms. The zero-order chi connectivity index (χ0) is 16.2. The number of hydrogen-bond acceptors (Lipinski definition) is 5. The van der Waals surface area contributed by atoms with Gasteiger partial charge in [-0.1, -0.05) is 30.8 Å². The van der Waals surface area contributed by atoms with Gasteiger partial charge in [-0.25, -0.2) is 0 Å². The average Bonchev–Trinajstić information content (AvgIpc) is 3.34. The highest BCUT2D eigenvalue weighted by molar-refractivity contribution is 7.99. The Hall–Kier alpha value is -1.53. The first-order valence-electron chi connectivity index (χ1n) is 8.11. The van der Waals surface area contributed by atoms with Crippen LogP contribution in [0.15, 0.2) is 29.4 Å². The molecule has 0 unspecified atom stereocenters. The maximum Gasteiger partial charge on any atom is 0.191 e. The molecule has 23 heavy (non-hydrogen) atoms. The molecule has 0 amide bonds. The Kier molecular flexibility index (Phi) is 5.23. The zero-order valence-corrected chi connectivity index (χ0v) is 14.4. The third-order valence-electron chi connectivity index (χ3n) is 3.93. The first-order chi connectivity index (χ1) is 11.2. The van der Waals surface area contributed by atoms with E-state index in [0.717, 1.165) is 23.2 Å². The molecule has 1 N–H and O–H groups in total. The standard InChI is InChI=1S/C17H23N3O2S/c1-3-13-4-8-16(9-5-13)22-10-15(21)11-23-17-19-18-12(2)20(17)14-6-7-14/h4-5,8-9,14-15,21H,3,6-7,10-11H2,1-2H3/t15-/m1/s1. The molecular formula is C17H23N3O2S. The molecule has 1 aliphatic carbocycles. The van der Waals surface area contributed by atoms with Gasteiger partial charge in [-0.3, -0.25) is 0 Å². The molecule has 1 saturated carbocycles. The Morgan fingerprint density at radius 2 is 2.04 bits per heavy atom. The van der Waals surface area contributed by atoms with Crippen molar-refractivity contribution < 1.29 is 9.84 Å². The number of rotatable bonds is 8. The summed E-state index contributed by atoms with van der Waals surface area (Å²) in [6, 6.07) is 8.56. The first-order valence-corrected chi connectivity index (χ1v) is 9.10. The molecule has 0 saturated heterocycles. The summed E-state index contributed by atoms with van der Waals surface area (Å²) in [7, 11) is 0. The number of aliphatic hydroxyl groups is 1. The van der Waals surface area contributed by atoms with E-state index in [4.69, 9.17) is 4.74 Å². The van der Waals surface area contributed by atoms with Crippen LogP contribution < -0.4 is 4.74 Å². The topological polar surface area (TPSA) is 60.2 Å². The third kappa shape index (κ3) is 4.26. The van der Waals surface area contributed by atoms with Crippen molar-refractivity contribution in [1.82, 2.24) is 14.8 Å². The lowest BCUT2D eigenvalue weighted by molar-refractivity contribution is 0.126. The van der Waals surface area contributed by atoms with E-state index < -0.39 is 6.10 Å². The van der Waals surface area contributed by atoms with Gasteiger partial charge in [-0.2, -0.15) is 0 Å². The highest BCUT2D eigenvalue weighted by Gasteiger charge is 2.28. The highest BCUT2D eigenvalue weighted by atomic mass is 32.2. The zero-order valence-electron chi connectivity index (χ0n) is 13.6. The summed E-state index contributed by atoms with van der Waals surface area (Å²) in [6.07, 6.45) is 2.88. The van der Waals surface area contributed by atoms with Crippen molar-refractivity contribution in [1.29, 1.82) is 0 Å². The molecular weight excluding hydrogens is 310 g/mol. The van der Waals surface area contributed by atoms with Crippen LogP contribution in [0.4, 0.5) is 0 Å². The van der Waals surface area contributed by atoms with Gasteiger partial charge in [-0.15, -0.1) is 10.2 Å². The SMILES string of the molecule is CCc1ccc(OC[C@@H](O)CSc2nnc(C)n2C2CC2)cc1. The average molecular weight is 333 g/mol. The van der Waals surface area contributed by atoms with Gasteiger partial charge in [0, 0.05) is 11.8 Å². The normalized spacial score (nSPS) is 15.6. The highest BCUT2D eigenvalue weighted by Crippen LogP contribution is 2.38. The first kappa shape index (κ1) is 16.3. The van der Waals surface area contributed by atoms with Gasteiger partial charge >= 0.3 is 0 Å². The monoisotopic (exact) mass is 333 g/mol. The molecule has 1 heterocycles. The second-order valence-corrected chi connectivity index (χ2v) is 6.89. The Morgan fingerprint density at radius 3 is 2.70 bits per heavy atom. The van der Waals surface area contributed by atoms with Crippen LogP contribution >= 0.6 is 11.8 Å². The number of aliphatic hydroxyl groups excluding tert-OH is 1. The van der Waals surface area contributed by atoms with Crippen molar-refractivity contribution in [3.63, 3.8) is 0 Å². The Morgan fingerprint density at radius 1 is 1.30 bits per heavy atom. The lowest BCUT2D eigenvalue weighted by Crippen LogP contribution is -2.20. The number of thioether (sulfide) groups is 1. The molecule has 0 spiro atoms. The molecule has 1 aromatic carbocycles. The minimum Gasteiger partial charge on any atom is -0.491 e. The van der Waals surface area contributed by atoms with Gasteiger partial charge in [0.1, 0.15) is 18.2 Å². The van der Waals surface area contributed by atoms with E-state index in [1.165, 1.54) is 18.4 Å². The minimum atomic E-state index is -0.532. The largest absolute Gasteiger partial charge is 0.491 e. The van der Waals surface area contributed by atoms with Crippen molar-refractivity contribution >= 4 is 11.8 Å². The molecule has 2 aromatic rings. The fourth-order valence-electron chi connectivity index (χ4n) is 2.43. The Bertz CT molecular complexity index is 638. The van der Waals surface area contributed by atoms with E-state index in [1.807, 2.05) is 19.1 Å². The van der Waals surface area contributed by atoms with Crippen LogP contribution in [0.5, 0.6) is 5.75 Å². The lowest BCUT2D eigenvalue weighted by atomic mass is 10.2. The van der Waals surface area contributed by atoms with Crippen LogP contribution in [-0.4, -0.2) is 38.3 Å². The van der Waals surface area contributed by atoms with E-state index in [9.17, 15) is 5.11 Å². The molecule has 1 atom stereocenters. The summed E-state index contributed by atoms with van der Waals surface area (Å²) in [5, 5.41) is 19.4. The molecule has 1 fully saturated rings. The smallest absolute Gasteiger partial charge is 0.191 e. The molecule has 0 bridgehead atoms. The van der Waals surface area contributed by atoms with Crippen LogP contribution in [0.3, 0.4) is 0 Å². The maximum atomic E-state index is 10.1. The molecule has 5 nitrogen and oxygen atoms in total. The van der Waals surface area contributed by atoms with Crippen molar-refractivity contribution in [2.75, 3.05) is 12.4 Å². The molecule has 1 aromatic heterocycles. The Balaban J connectivity index is 1.47. The molecule has 3 rings (SSSR count). The van der Waals surface area contributed by atoms with E-state index in [-0.39, 0.29) is 6.61 Å². The summed E-state index contributed by atoms with van der Waals surface area (Å²) < 4.78 is 7.83. The van der Waals surface area contributed by atoms with Crippen molar-refractivity contribution in [2.24, 2.45) is 0 Å². The summed E-state index contributed by atoms with van der Waals surface area (Å²) in [5.74, 6) is 2.30. The predicted octanol–water partition coefficient (Wildman–Crippen LogP) is 3.02.